The molecule has 0 saturated carbocycles. The Morgan fingerprint density at radius 3 is 3.00 bits per heavy atom. The first kappa shape index (κ1) is 20.7. The smallest absolute Gasteiger partial charge is 0.337 e. The lowest BCUT2D eigenvalue weighted by atomic mass is 10.1. The third kappa shape index (κ3) is 5.94. The summed E-state index contributed by atoms with van der Waals surface area (Å²) in [6.45, 7) is 5.69. The number of esters is 1. The molecule has 0 aromatic heterocycles. The maximum atomic E-state index is 11.5. The molecule has 24 heavy (non-hydrogen) atoms. The van der Waals surface area contributed by atoms with E-state index in [9.17, 15) is 4.79 Å². The van der Waals surface area contributed by atoms with Gasteiger partial charge in [-0.2, -0.15) is 0 Å². The Kier molecular flexibility index (Phi) is 9.05. The van der Waals surface area contributed by atoms with Crippen LogP contribution in [0.5, 0.6) is 0 Å². The molecular weight excluding hydrogens is 419 g/mol. The summed E-state index contributed by atoms with van der Waals surface area (Å²) in [6, 6.07) is 7.77. The largest absolute Gasteiger partial charge is 0.465 e. The summed E-state index contributed by atoms with van der Waals surface area (Å²) in [6.07, 6.45) is 2.45. The van der Waals surface area contributed by atoms with Crippen molar-refractivity contribution in [3.8, 4) is 0 Å². The molecule has 1 atom stereocenters. The highest BCUT2D eigenvalue weighted by Gasteiger charge is 2.22. The highest BCUT2D eigenvalue weighted by atomic mass is 127. The van der Waals surface area contributed by atoms with Gasteiger partial charge < -0.3 is 15.8 Å². The van der Waals surface area contributed by atoms with Crippen LogP contribution in [0.3, 0.4) is 0 Å². The van der Waals surface area contributed by atoms with Gasteiger partial charge in [0.05, 0.1) is 19.2 Å². The number of nitrogens with one attached hydrogen (secondary N) is 1. The van der Waals surface area contributed by atoms with Crippen molar-refractivity contribution in [3.05, 3.63) is 35.4 Å². The predicted molar refractivity (Wildman–Crippen MR) is 107 cm³/mol. The molecule has 0 bridgehead atoms. The van der Waals surface area contributed by atoms with E-state index in [2.05, 4.69) is 22.1 Å². The molecular formula is C17H27IN4O2. The number of guanidine groups is 1. The topological polar surface area (TPSA) is 80.0 Å². The third-order valence-corrected chi connectivity index (χ3v) is 4.20. The molecule has 2 rings (SSSR count). The van der Waals surface area contributed by atoms with Gasteiger partial charge in [-0.25, -0.2) is 9.79 Å². The molecule has 134 valence electrons. The van der Waals surface area contributed by atoms with Crippen LogP contribution in [-0.4, -0.2) is 49.6 Å². The van der Waals surface area contributed by atoms with Gasteiger partial charge in [0.15, 0.2) is 5.96 Å². The third-order valence-electron chi connectivity index (χ3n) is 4.20. The molecule has 1 fully saturated rings. The summed E-state index contributed by atoms with van der Waals surface area (Å²) in [5.41, 5.74) is 7.39. The number of ether oxygens (including phenoxy) is 1. The normalized spacial score (nSPS) is 18.1. The zero-order valence-electron chi connectivity index (χ0n) is 14.3. The monoisotopic (exact) mass is 446 g/mol. The molecule has 0 radical (unpaired) electrons. The lowest BCUT2D eigenvalue weighted by Crippen LogP contribution is -2.42. The number of nitrogens with zero attached hydrogens (tertiary/aromatic N) is 2. The van der Waals surface area contributed by atoms with E-state index < -0.39 is 0 Å². The van der Waals surface area contributed by atoms with Gasteiger partial charge in [-0.1, -0.05) is 19.1 Å². The molecule has 0 spiro atoms. The van der Waals surface area contributed by atoms with Crippen LogP contribution in [0.2, 0.25) is 0 Å². The van der Waals surface area contributed by atoms with Crippen molar-refractivity contribution in [2.24, 2.45) is 10.7 Å². The zero-order chi connectivity index (χ0) is 16.7. The zero-order valence-corrected chi connectivity index (χ0v) is 16.7. The summed E-state index contributed by atoms with van der Waals surface area (Å²) in [7, 11) is 1.37. The highest BCUT2D eigenvalue weighted by molar-refractivity contribution is 14.0. The minimum atomic E-state index is -0.345. The average Bonchev–Trinajstić information content (AvgIpc) is 3.05. The number of rotatable bonds is 6. The second-order valence-corrected chi connectivity index (χ2v) is 5.70. The van der Waals surface area contributed by atoms with E-state index in [1.165, 1.54) is 26.5 Å². The average molecular weight is 446 g/mol. The number of methoxy groups -OCH3 is 1. The van der Waals surface area contributed by atoms with Gasteiger partial charge in [0, 0.05) is 12.6 Å². The first-order valence-corrected chi connectivity index (χ1v) is 8.09. The Hall–Kier alpha value is -1.35. The molecule has 6 nitrogen and oxygen atoms in total. The first-order chi connectivity index (χ1) is 11.1. The summed E-state index contributed by atoms with van der Waals surface area (Å²) in [5.74, 6) is 0.0965. The van der Waals surface area contributed by atoms with Crippen LogP contribution in [0.25, 0.3) is 0 Å². The van der Waals surface area contributed by atoms with E-state index in [1.807, 2.05) is 12.1 Å². The fourth-order valence-electron chi connectivity index (χ4n) is 2.91. The van der Waals surface area contributed by atoms with Crippen LogP contribution >= 0.6 is 24.0 Å². The van der Waals surface area contributed by atoms with Crippen molar-refractivity contribution in [2.45, 2.75) is 32.4 Å². The van der Waals surface area contributed by atoms with Gasteiger partial charge in [-0.15, -0.1) is 24.0 Å². The molecule has 1 aromatic carbocycles. The summed E-state index contributed by atoms with van der Waals surface area (Å²) < 4.78 is 4.72. The molecule has 1 aromatic rings. The fourth-order valence-corrected chi connectivity index (χ4v) is 2.91. The number of hydrogen-bond donors (Lipinski definition) is 2. The van der Waals surface area contributed by atoms with Crippen LogP contribution in [0.15, 0.2) is 29.3 Å². The molecule has 0 aliphatic carbocycles. The van der Waals surface area contributed by atoms with Crippen LogP contribution in [-0.2, 0) is 11.3 Å². The second-order valence-electron chi connectivity index (χ2n) is 5.70. The number of carbonyl (C=O) groups excluding carboxylic acids is 1. The van der Waals surface area contributed by atoms with Crippen molar-refractivity contribution in [3.63, 3.8) is 0 Å². The molecule has 1 heterocycles. The maximum Gasteiger partial charge on any atom is 0.337 e. The molecule has 1 aliphatic heterocycles. The van der Waals surface area contributed by atoms with Crippen LogP contribution in [0.1, 0.15) is 35.7 Å². The number of halogens is 1. The standard InChI is InChI=1S/C17H26N4O2.HI/c1-3-21-9-5-8-15(21)12-20-17(18)19-11-13-6-4-7-14(10-13)16(22)23-2;/h4,6-7,10,15H,3,5,8-9,11-12H2,1-2H3,(H3,18,19,20);1H. The second kappa shape index (κ2) is 10.5. The highest BCUT2D eigenvalue weighted by Crippen LogP contribution is 2.15. The fraction of sp³-hybridized carbons (Fsp3) is 0.529. The Morgan fingerprint density at radius 1 is 1.50 bits per heavy atom. The van der Waals surface area contributed by atoms with Crippen molar-refractivity contribution in [1.29, 1.82) is 0 Å². The maximum absolute atomic E-state index is 11.5. The number of aliphatic imine (C=N–C) groups is 1. The van der Waals surface area contributed by atoms with Crippen LogP contribution < -0.4 is 11.1 Å². The number of nitrogens with two attached hydrogens (primary N) is 1. The van der Waals surface area contributed by atoms with E-state index in [1.54, 1.807) is 12.1 Å². The van der Waals surface area contributed by atoms with E-state index in [0.29, 0.717) is 24.1 Å². The van der Waals surface area contributed by atoms with E-state index in [4.69, 9.17) is 10.5 Å². The quantitative estimate of drug-likeness (QED) is 0.303. The Morgan fingerprint density at radius 2 is 2.29 bits per heavy atom. The molecule has 1 saturated heterocycles. The van der Waals surface area contributed by atoms with Crippen molar-refractivity contribution in [2.75, 3.05) is 26.7 Å². The molecule has 3 N–H and O–H groups in total. The van der Waals surface area contributed by atoms with Crippen LogP contribution in [0.4, 0.5) is 0 Å². The van der Waals surface area contributed by atoms with Gasteiger partial charge in [0.25, 0.3) is 0 Å². The van der Waals surface area contributed by atoms with Gasteiger partial charge in [0.1, 0.15) is 0 Å². The first-order valence-electron chi connectivity index (χ1n) is 8.09. The van der Waals surface area contributed by atoms with Gasteiger partial charge in [0.2, 0.25) is 0 Å². The van der Waals surface area contributed by atoms with E-state index in [0.717, 1.165) is 18.7 Å². The van der Waals surface area contributed by atoms with Crippen molar-refractivity contribution < 1.29 is 9.53 Å². The molecule has 0 amide bonds. The predicted octanol–water partition coefficient (Wildman–Crippen LogP) is 1.98. The van der Waals surface area contributed by atoms with Crippen molar-refractivity contribution >= 4 is 35.9 Å². The van der Waals surface area contributed by atoms with Crippen molar-refractivity contribution in [1.82, 2.24) is 10.2 Å². The van der Waals surface area contributed by atoms with Gasteiger partial charge >= 0.3 is 5.97 Å². The summed E-state index contributed by atoms with van der Waals surface area (Å²) in [5, 5.41) is 3.20. The summed E-state index contributed by atoms with van der Waals surface area (Å²) >= 11 is 0. The Labute approximate surface area is 160 Å². The number of likely N-dealkylation sites (tertiary alicyclic amines) is 1. The lowest BCUT2D eigenvalue weighted by Gasteiger charge is -2.23. The number of likely N-dealkylation sites (N-methyl/N-ethyl adjacent to an activating group) is 1. The SMILES string of the molecule is CCN1CCCC1CNC(N)=NCc1cccc(C(=O)OC)c1.I. The minimum absolute atomic E-state index is 0. The lowest BCUT2D eigenvalue weighted by molar-refractivity contribution is 0.0600. The van der Waals surface area contributed by atoms with Gasteiger partial charge in [-0.3, -0.25) is 4.90 Å². The Balaban J connectivity index is 0.00000288. The number of hydrogen-bond acceptors (Lipinski definition) is 4. The molecule has 1 unspecified atom stereocenters. The van der Waals surface area contributed by atoms with E-state index >= 15 is 0 Å². The number of carbonyl (C=O) groups is 1. The number of benzene rings is 1. The van der Waals surface area contributed by atoms with E-state index in [-0.39, 0.29) is 29.9 Å². The molecule has 1 aliphatic rings. The Bertz CT molecular complexity index is 565. The minimum Gasteiger partial charge on any atom is -0.465 e. The summed E-state index contributed by atoms with van der Waals surface area (Å²) in [4.78, 5) is 18.3. The molecule has 7 heteroatoms. The van der Waals surface area contributed by atoms with Gasteiger partial charge in [-0.05, 0) is 43.6 Å². The van der Waals surface area contributed by atoms with Crippen LogP contribution in [0, 0.1) is 0 Å².